The third kappa shape index (κ3) is 7.52. The molecule has 33 heavy (non-hydrogen) atoms. The largest absolute Gasteiger partial charge is 0.513 e. The molecule has 8 nitrogen and oxygen atoms in total. The Morgan fingerprint density at radius 1 is 0.848 bits per heavy atom. The fraction of sp³-hybridized carbons (Fsp3) is 0.400. The zero-order valence-electron chi connectivity index (χ0n) is 18.9. The van der Waals surface area contributed by atoms with Crippen LogP contribution in [0.1, 0.15) is 36.5 Å². The molecule has 0 aromatic heterocycles. The Labute approximate surface area is 194 Å². The lowest BCUT2D eigenvalue weighted by atomic mass is 10.2. The second kappa shape index (κ2) is 12.5. The number of benzene rings is 2. The fourth-order valence-corrected chi connectivity index (χ4v) is 3.55. The first kappa shape index (κ1) is 24.1. The second-order valence-corrected chi connectivity index (χ2v) is 7.60. The molecular formula is C25H30N2O6. The van der Waals surface area contributed by atoms with Crippen LogP contribution in [0.15, 0.2) is 54.6 Å². The summed E-state index contributed by atoms with van der Waals surface area (Å²) in [6.07, 6.45) is 1.01. The molecule has 1 aliphatic rings. The Hall–Kier alpha value is -3.55. The molecule has 176 valence electrons. The highest BCUT2D eigenvalue weighted by atomic mass is 16.7. The van der Waals surface area contributed by atoms with Gasteiger partial charge < -0.3 is 24.0 Å². The number of ether oxygens (including phenoxy) is 3. The molecule has 0 bridgehead atoms. The van der Waals surface area contributed by atoms with Gasteiger partial charge in [-0.2, -0.15) is 0 Å². The van der Waals surface area contributed by atoms with E-state index in [9.17, 15) is 14.4 Å². The summed E-state index contributed by atoms with van der Waals surface area (Å²) in [5, 5.41) is 0. The molecule has 8 heteroatoms. The predicted octanol–water partition coefficient (Wildman–Crippen LogP) is 3.76. The average molecular weight is 455 g/mol. The average Bonchev–Trinajstić information content (AvgIpc) is 3.09. The van der Waals surface area contributed by atoms with E-state index in [-0.39, 0.29) is 18.4 Å². The smallest absolute Gasteiger partial charge is 0.494 e. The number of hydrogen-bond acceptors (Lipinski definition) is 6. The van der Waals surface area contributed by atoms with Gasteiger partial charge in [0.15, 0.2) is 0 Å². The van der Waals surface area contributed by atoms with Crippen molar-refractivity contribution in [3.05, 3.63) is 60.2 Å². The molecule has 2 aromatic rings. The normalized spacial score (nSPS) is 13.7. The number of para-hydroxylation sites is 1. The van der Waals surface area contributed by atoms with Crippen LogP contribution in [-0.2, 0) is 9.53 Å². The van der Waals surface area contributed by atoms with Gasteiger partial charge in [0.05, 0.1) is 13.2 Å². The summed E-state index contributed by atoms with van der Waals surface area (Å²) in [5.74, 6) is 1.09. The maximum atomic E-state index is 12.9. The molecule has 0 spiro atoms. The molecule has 0 unspecified atom stereocenters. The van der Waals surface area contributed by atoms with E-state index in [1.54, 1.807) is 36.1 Å². The van der Waals surface area contributed by atoms with E-state index in [4.69, 9.17) is 14.2 Å². The standard InChI is InChI=1S/C25H30N2O6/c1-2-31-25(30)33-22-13-11-20(12-14-22)24(29)27-16-7-15-26(17-18-27)23(28)10-6-19-32-21-8-4-3-5-9-21/h3-5,8-9,11-14H,2,6-7,10,15-19H2,1H3. The molecule has 1 fully saturated rings. The summed E-state index contributed by atoms with van der Waals surface area (Å²) < 4.78 is 15.4. The Morgan fingerprint density at radius 3 is 2.27 bits per heavy atom. The molecule has 3 rings (SSSR count). The molecule has 2 aromatic carbocycles. The molecule has 2 amide bonds. The lowest BCUT2D eigenvalue weighted by molar-refractivity contribution is -0.131. The molecule has 1 heterocycles. The Bertz CT molecular complexity index is 916. The SMILES string of the molecule is CCOC(=O)Oc1ccc(C(=O)N2CCCN(C(=O)CCCOc3ccccc3)CC2)cc1. The number of rotatable bonds is 8. The fourth-order valence-electron chi connectivity index (χ4n) is 3.55. The quantitative estimate of drug-likeness (QED) is 0.343. The molecule has 1 saturated heterocycles. The number of amides is 2. The van der Waals surface area contributed by atoms with Gasteiger partial charge in [-0.3, -0.25) is 9.59 Å². The van der Waals surface area contributed by atoms with E-state index < -0.39 is 6.16 Å². The molecule has 0 aliphatic carbocycles. The topological polar surface area (TPSA) is 85.4 Å². The lowest BCUT2D eigenvalue weighted by Gasteiger charge is -2.22. The monoisotopic (exact) mass is 454 g/mol. The zero-order valence-corrected chi connectivity index (χ0v) is 18.9. The first-order valence-corrected chi connectivity index (χ1v) is 11.3. The summed E-state index contributed by atoms with van der Waals surface area (Å²) in [7, 11) is 0. The molecular weight excluding hydrogens is 424 g/mol. The first-order chi connectivity index (χ1) is 16.1. The van der Waals surface area contributed by atoms with Crippen molar-refractivity contribution in [1.29, 1.82) is 0 Å². The van der Waals surface area contributed by atoms with Crippen molar-refractivity contribution in [2.45, 2.75) is 26.2 Å². The minimum atomic E-state index is -0.777. The minimum absolute atomic E-state index is 0.0847. The van der Waals surface area contributed by atoms with Crippen molar-refractivity contribution in [3.8, 4) is 11.5 Å². The van der Waals surface area contributed by atoms with Crippen LogP contribution in [0.4, 0.5) is 4.79 Å². The molecule has 1 aliphatic heterocycles. The van der Waals surface area contributed by atoms with Gasteiger partial charge in [-0.25, -0.2) is 4.79 Å². The van der Waals surface area contributed by atoms with Gasteiger partial charge in [-0.05, 0) is 56.2 Å². The van der Waals surface area contributed by atoms with Crippen LogP contribution >= 0.6 is 0 Å². The van der Waals surface area contributed by atoms with Crippen molar-refractivity contribution in [1.82, 2.24) is 9.80 Å². The van der Waals surface area contributed by atoms with Gasteiger partial charge in [0.2, 0.25) is 5.91 Å². The Morgan fingerprint density at radius 2 is 1.55 bits per heavy atom. The van der Waals surface area contributed by atoms with Gasteiger partial charge in [0, 0.05) is 38.2 Å². The Balaban J connectivity index is 1.43. The number of carbonyl (C=O) groups is 3. The van der Waals surface area contributed by atoms with E-state index in [2.05, 4.69) is 0 Å². The van der Waals surface area contributed by atoms with Gasteiger partial charge in [0.1, 0.15) is 11.5 Å². The van der Waals surface area contributed by atoms with E-state index in [1.807, 2.05) is 35.2 Å². The highest BCUT2D eigenvalue weighted by Gasteiger charge is 2.22. The highest BCUT2D eigenvalue weighted by Crippen LogP contribution is 2.16. The van der Waals surface area contributed by atoms with Gasteiger partial charge >= 0.3 is 6.16 Å². The lowest BCUT2D eigenvalue weighted by Crippen LogP contribution is -2.37. The van der Waals surface area contributed by atoms with Crippen molar-refractivity contribution < 1.29 is 28.6 Å². The van der Waals surface area contributed by atoms with Crippen molar-refractivity contribution in [2.75, 3.05) is 39.4 Å². The van der Waals surface area contributed by atoms with Crippen LogP contribution in [0.2, 0.25) is 0 Å². The maximum Gasteiger partial charge on any atom is 0.513 e. The number of hydrogen-bond donors (Lipinski definition) is 0. The summed E-state index contributed by atoms with van der Waals surface area (Å²) >= 11 is 0. The van der Waals surface area contributed by atoms with Crippen molar-refractivity contribution in [3.63, 3.8) is 0 Å². The van der Waals surface area contributed by atoms with Crippen LogP contribution in [-0.4, -0.2) is 67.2 Å². The Kier molecular flexibility index (Phi) is 9.11. The second-order valence-electron chi connectivity index (χ2n) is 7.60. The van der Waals surface area contributed by atoms with Crippen LogP contribution in [0.25, 0.3) is 0 Å². The highest BCUT2D eigenvalue weighted by molar-refractivity contribution is 5.94. The van der Waals surface area contributed by atoms with Gasteiger partial charge in [-0.1, -0.05) is 18.2 Å². The molecule has 0 saturated carbocycles. The summed E-state index contributed by atoms with van der Waals surface area (Å²) in [4.78, 5) is 40.5. The van der Waals surface area contributed by atoms with E-state index >= 15 is 0 Å². The first-order valence-electron chi connectivity index (χ1n) is 11.3. The third-order valence-corrected chi connectivity index (χ3v) is 5.25. The number of carbonyl (C=O) groups excluding carboxylic acids is 3. The van der Waals surface area contributed by atoms with E-state index in [1.165, 1.54) is 0 Å². The van der Waals surface area contributed by atoms with Crippen LogP contribution < -0.4 is 9.47 Å². The van der Waals surface area contributed by atoms with Gasteiger partial charge in [-0.15, -0.1) is 0 Å². The van der Waals surface area contributed by atoms with E-state index in [0.29, 0.717) is 56.9 Å². The minimum Gasteiger partial charge on any atom is -0.494 e. The maximum absolute atomic E-state index is 12.9. The summed E-state index contributed by atoms with van der Waals surface area (Å²) in [6, 6.07) is 15.9. The predicted molar refractivity (Wildman–Crippen MR) is 122 cm³/mol. The zero-order chi connectivity index (χ0) is 23.5. The number of nitrogens with zero attached hydrogens (tertiary/aromatic N) is 2. The molecule has 0 N–H and O–H groups in total. The summed E-state index contributed by atoms with van der Waals surface area (Å²) in [6.45, 7) is 4.62. The third-order valence-electron chi connectivity index (χ3n) is 5.25. The molecule has 0 radical (unpaired) electrons. The van der Waals surface area contributed by atoms with E-state index in [0.717, 1.165) is 12.2 Å². The van der Waals surface area contributed by atoms with Crippen molar-refractivity contribution in [2.24, 2.45) is 0 Å². The van der Waals surface area contributed by atoms with Crippen LogP contribution in [0, 0.1) is 0 Å². The molecule has 0 atom stereocenters. The van der Waals surface area contributed by atoms with Gasteiger partial charge in [0.25, 0.3) is 5.91 Å². The van der Waals surface area contributed by atoms with Crippen LogP contribution in [0.3, 0.4) is 0 Å². The van der Waals surface area contributed by atoms with Crippen LogP contribution in [0.5, 0.6) is 11.5 Å². The van der Waals surface area contributed by atoms with Crippen molar-refractivity contribution >= 4 is 18.0 Å². The summed E-state index contributed by atoms with van der Waals surface area (Å²) in [5.41, 5.74) is 0.504.